The number of anilines is 2. The normalized spacial score (nSPS) is 13.1. The fraction of sp³-hybridized carbons (Fsp3) is 0.316. The standard InChI is InChI=1S/C19H21ClFN5O4S/c1-30-16(8-23-17-13(20)5-10(7-22-17)4-12(28)9-27)25-18(29)26-19-24-14-3-2-11(21)6-15(14)31-19/h2-3,5-7,12,16,27-28H,4,8-9H2,1H3,(H,22,23)(H2,24,25,26,29)/t12-,16-/m1/s1. The Kier molecular flexibility index (Phi) is 7.93. The summed E-state index contributed by atoms with van der Waals surface area (Å²) in [6, 6.07) is 5.29. The highest BCUT2D eigenvalue weighted by Gasteiger charge is 2.15. The average Bonchev–Trinajstić information content (AvgIpc) is 3.13. The molecule has 5 N–H and O–H groups in total. The van der Waals surface area contributed by atoms with Gasteiger partial charge in [-0.15, -0.1) is 0 Å². The quantitative estimate of drug-likeness (QED) is 0.305. The van der Waals surface area contributed by atoms with E-state index >= 15 is 0 Å². The van der Waals surface area contributed by atoms with E-state index in [1.807, 2.05) is 0 Å². The lowest BCUT2D eigenvalue weighted by Crippen LogP contribution is -2.43. The number of aliphatic hydroxyl groups is 2. The first-order valence-electron chi connectivity index (χ1n) is 9.21. The van der Waals surface area contributed by atoms with Crippen LogP contribution in [0.15, 0.2) is 30.5 Å². The molecule has 0 radical (unpaired) electrons. The number of halogens is 2. The number of aromatic nitrogens is 2. The molecule has 3 rings (SSSR count). The summed E-state index contributed by atoms with van der Waals surface area (Å²) >= 11 is 7.36. The van der Waals surface area contributed by atoms with Crippen molar-refractivity contribution >= 4 is 50.1 Å². The maximum Gasteiger partial charge on any atom is 0.323 e. The number of nitrogens with zero attached hydrogens (tertiary/aromatic N) is 2. The zero-order chi connectivity index (χ0) is 22.4. The van der Waals surface area contributed by atoms with Gasteiger partial charge in [0.2, 0.25) is 0 Å². The van der Waals surface area contributed by atoms with Gasteiger partial charge in [0.05, 0.1) is 34.5 Å². The Hall–Kier alpha value is -2.57. The van der Waals surface area contributed by atoms with E-state index in [0.29, 0.717) is 31.8 Å². The smallest absolute Gasteiger partial charge is 0.323 e. The number of hydrogen-bond donors (Lipinski definition) is 5. The van der Waals surface area contributed by atoms with Crippen LogP contribution in [0, 0.1) is 5.82 Å². The SMILES string of the molecule is CO[C@H](CNc1ncc(C[C@@H](O)CO)cc1Cl)NC(=O)Nc1nc2ccc(F)cc2s1. The van der Waals surface area contributed by atoms with Crippen LogP contribution in [0.2, 0.25) is 5.02 Å². The van der Waals surface area contributed by atoms with Crippen molar-refractivity contribution in [3.05, 3.63) is 46.9 Å². The number of ether oxygens (including phenoxy) is 1. The number of carbonyl (C=O) groups excluding carboxylic acids is 1. The van der Waals surface area contributed by atoms with E-state index in [4.69, 9.17) is 21.4 Å². The summed E-state index contributed by atoms with van der Waals surface area (Å²) in [6.07, 6.45) is 0.169. The Labute approximate surface area is 186 Å². The molecular weight excluding hydrogens is 449 g/mol. The molecule has 0 saturated heterocycles. The molecule has 2 amide bonds. The van der Waals surface area contributed by atoms with Crippen molar-refractivity contribution in [1.82, 2.24) is 15.3 Å². The fourth-order valence-corrected chi connectivity index (χ4v) is 3.81. The lowest BCUT2D eigenvalue weighted by molar-refractivity contribution is 0.0933. The summed E-state index contributed by atoms with van der Waals surface area (Å²) in [5.74, 6) is 0.00362. The Morgan fingerprint density at radius 3 is 2.90 bits per heavy atom. The van der Waals surface area contributed by atoms with Crippen molar-refractivity contribution in [2.45, 2.75) is 18.8 Å². The molecular formula is C19H21ClFN5O4S. The third kappa shape index (κ3) is 6.45. The molecule has 2 atom stereocenters. The molecule has 166 valence electrons. The molecule has 0 saturated carbocycles. The van der Waals surface area contributed by atoms with Gasteiger partial charge in [-0.25, -0.2) is 19.2 Å². The van der Waals surface area contributed by atoms with Gasteiger partial charge in [0.15, 0.2) is 5.13 Å². The molecule has 1 aromatic carbocycles. The number of hydrogen-bond acceptors (Lipinski definition) is 8. The Balaban J connectivity index is 1.54. The van der Waals surface area contributed by atoms with Crippen LogP contribution >= 0.6 is 22.9 Å². The number of methoxy groups -OCH3 is 1. The molecule has 0 aliphatic heterocycles. The summed E-state index contributed by atoms with van der Waals surface area (Å²) < 4.78 is 19.2. The summed E-state index contributed by atoms with van der Waals surface area (Å²) in [5, 5.41) is 27.3. The zero-order valence-electron chi connectivity index (χ0n) is 16.4. The van der Waals surface area contributed by atoms with Gasteiger partial charge >= 0.3 is 6.03 Å². The minimum Gasteiger partial charge on any atom is -0.394 e. The monoisotopic (exact) mass is 469 g/mol. The molecule has 12 heteroatoms. The first-order chi connectivity index (χ1) is 14.9. The second-order valence-electron chi connectivity index (χ2n) is 6.55. The molecule has 0 spiro atoms. The van der Waals surface area contributed by atoms with Gasteiger partial charge in [-0.3, -0.25) is 5.32 Å². The minimum absolute atomic E-state index is 0.167. The van der Waals surface area contributed by atoms with Crippen molar-refractivity contribution in [3.63, 3.8) is 0 Å². The molecule has 2 heterocycles. The maximum absolute atomic E-state index is 13.3. The van der Waals surface area contributed by atoms with Gasteiger partial charge in [-0.05, 0) is 29.8 Å². The Morgan fingerprint density at radius 2 is 2.19 bits per heavy atom. The first-order valence-corrected chi connectivity index (χ1v) is 10.4. The van der Waals surface area contributed by atoms with E-state index in [0.717, 1.165) is 11.3 Å². The number of carbonyl (C=O) groups is 1. The Morgan fingerprint density at radius 1 is 1.39 bits per heavy atom. The van der Waals surface area contributed by atoms with Gasteiger partial charge < -0.3 is 25.6 Å². The number of fused-ring (bicyclic) bond motifs is 1. The molecule has 31 heavy (non-hydrogen) atoms. The highest BCUT2D eigenvalue weighted by molar-refractivity contribution is 7.22. The topological polar surface area (TPSA) is 129 Å². The molecule has 0 aliphatic carbocycles. The van der Waals surface area contributed by atoms with E-state index in [2.05, 4.69) is 25.9 Å². The van der Waals surface area contributed by atoms with Crippen LogP contribution in [0.25, 0.3) is 10.2 Å². The molecule has 9 nitrogen and oxygen atoms in total. The van der Waals surface area contributed by atoms with E-state index < -0.39 is 18.4 Å². The summed E-state index contributed by atoms with van der Waals surface area (Å²) in [4.78, 5) is 20.7. The van der Waals surface area contributed by atoms with Gasteiger partial charge in [-0.2, -0.15) is 0 Å². The number of urea groups is 1. The third-order valence-electron chi connectivity index (χ3n) is 4.18. The average molecular weight is 470 g/mol. The lowest BCUT2D eigenvalue weighted by Gasteiger charge is -2.18. The van der Waals surface area contributed by atoms with Crippen molar-refractivity contribution in [2.24, 2.45) is 0 Å². The number of amides is 2. The van der Waals surface area contributed by atoms with Gasteiger partial charge in [0, 0.05) is 19.7 Å². The lowest BCUT2D eigenvalue weighted by atomic mass is 10.1. The van der Waals surface area contributed by atoms with Crippen LogP contribution in [0.5, 0.6) is 0 Å². The van der Waals surface area contributed by atoms with Crippen molar-refractivity contribution in [1.29, 1.82) is 0 Å². The first kappa shape index (κ1) is 23.1. The fourth-order valence-electron chi connectivity index (χ4n) is 2.67. The summed E-state index contributed by atoms with van der Waals surface area (Å²) in [5.41, 5.74) is 1.26. The van der Waals surface area contributed by atoms with E-state index in [9.17, 15) is 14.3 Å². The van der Waals surface area contributed by atoms with E-state index in [1.165, 1.54) is 25.4 Å². The van der Waals surface area contributed by atoms with Crippen molar-refractivity contribution in [2.75, 3.05) is 30.9 Å². The number of benzene rings is 1. The van der Waals surface area contributed by atoms with Crippen molar-refractivity contribution in [3.8, 4) is 0 Å². The third-order valence-corrected chi connectivity index (χ3v) is 5.40. The predicted octanol–water partition coefficient (Wildman–Crippen LogP) is 2.59. The van der Waals surface area contributed by atoms with Gasteiger partial charge in [-0.1, -0.05) is 22.9 Å². The van der Waals surface area contributed by atoms with Gasteiger partial charge in [0.25, 0.3) is 0 Å². The molecule has 3 aromatic rings. The summed E-state index contributed by atoms with van der Waals surface area (Å²) in [6.45, 7) is -0.185. The largest absolute Gasteiger partial charge is 0.394 e. The maximum atomic E-state index is 13.3. The van der Waals surface area contributed by atoms with Gasteiger partial charge in [0.1, 0.15) is 17.9 Å². The number of aliphatic hydroxyl groups excluding tert-OH is 2. The number of pyridine rings is 1. The van der Waals surface area contributed by atoms with Crippen molar-refractivity contribution < 1.29 is 24.1 Å². The second kappa shape index (κ2) is 10.6. The van der Waals surface area contributed by atoms with E-state index in [-0.39, 0.29) is 25.4 Å². The molecule has 0 bridgehead atoms. The minimum atomic E-state index is -0.883. The predicted molar refractivity (Wildman–Crippen MR) is 117 cm³/mol. The van der Waals surface area contributed by atoms with Crippen LogP contribution in [0.4, 0.5) is 20.1 Å². The molecule has 0 aliphatic rings. The highest BCUT2D eigenvalue weighted by atomic mass is 35.5. The van der Waals surface area contributed by atoms with Crippen LogP contribution in [-0.4, -0.2) is 58.8 Å². The molecule has 2 aromatic heterocycles. The van der Waals surface area contributed by atoms with Crippen LogP contribution in [0.1, 0.15) is 5.56 Å². The Bertz CT molecular complexity index is 1050. The number of rotatable bonds is 9. The second-order valence-corrected chi connectivity index (χ2v) is 7.99. The number of nitrogens with one attached hydrogen (secondary N) is 3. The van der Waals surface area contributed by atoms with Crippen LogP contribution in [0.3, 0.4) is 0 Å². The summed E-state index contributed by atoms with van der Waals surface area (Å²) in [7, 11) is 1.43. The van der Waals surface area contributed by atoms with E-state index in [1.54, 1.807) is 12.1 Å². The zero-order valence-corrected chi connectivity index (χ0v) is 18.0. The number of thiazole rings is 1. The highest BCUT2D eigenvalue weighted by Crippen LogP contribution is 2.26. The van der Waals surface area contributed by atoms with Crippen LogP contribution in [-0.2, 0) is 11.2 Å². The van der Waals surface area contributed by atoms with Crippen LogP contribution < -0.4 is 16.0 Å². The molecule has 0 fully saturated rings. The molecule has 0 unspecified atom stereocenters.